The number of methoxy groups -OCH3 is 1. The zero-order chi connectivity index (χ0) is 34.0. The summed E-state index contributed by atoms with van der Waals surface area (Å²) in [5.41, 5.74) is 1.05. The predicted molar refractivity (Wildman–Crippen MR) is 169 cm³/mol. The van der Waals surface area contributed by atoms with Crippen LogP contribution in [0.2, 0.25) is 0 Å². The molecule has 0 saturated carbocycles. The minimum atomic E-state index is -1.69. The number of urea groups is 1. The van der Waals surface area contributed by atoms with E-state index in [0.717, 1.165) is 9.80 Å². The monoisotopic (exact) mass is 705 g/mol. The molecule has 5 rings (SSSR count). The molecule has 5 amide bonds. The van der Waals surface area contributed by atoms with Crippen LogP contribution in [-0.4, -0.2) is 103 Å². The molecule has 1 N–H and O–H groups in total. The summed E-state index contributed by atoms with van der Waals surface area (Å²) in [5, 5.41) is 3.68. The number of hydrogen-bond donors (Lipinski definition) is 1. The number of esters is 1. The zero-order valence-electron chi connectivity index (χ0n) is 25.7. The number of nitrogens with zero attached hydrogens (tertiary/aromatic N) is 4. The third kappa shape index (κ3) is 6.80. The van der Waals surface area contributed by atoms with Gasteiger partial charge in [0.05, 0.1) is 29.5 Å². The van der Waals surface area contributed by atoms with Crippen LogP contribution in [-0.2, 0) is 46.1 Å². The number of thiazole rings is 1. The van der Waals surface area contributed by atoms with Gasteiger partial charge in [-0.15, -0.1) is 22.9 Å². The van der Waals surface area contributed by atoms with Crippen LogP contribution < -0.4 is 10.1 Å². The Bertz CT molecular complexity index is 1680. The number of halogens is 1. The Morgan fingerprint density at radius 2 is 1.87 bits per heavy atom. The highest BCUT2D eigenvalue weighted by Crippen LogP contribution is 2.42. The number of nitrogens with one attached hydrogen (secondary N) is 1. The highest BCUT2D eigenvalue weighted by atomic mass is 35.5. The Hall–Kier alpha value is -4.15. The van der Waals surface area contributed by atoms with Crippen LogP contribution in [0.5, 0.6) is 5.75 Å². The van der Waals surface area contributed by atoms with Gasteiger partial charge in [-0.3, -0.25) is 33.2 Å². The van der Waals surface area contributed by atoms with Gasteiger partial charge >= 0.3 is 23.8 Å². The molecule has 3 aliphatic rings. The molecule has 2 fully saturated rings. The number of ketones is 1. The SMILES string of the molecule is CCN1CCN(C(=O)N[C@@H](C(=O)C[C@@H]2C(=O)N3C(C(=O)OCc4ccc(OC)cc4)=C(CCl)CS(=O)[C@H]23)c2csc(C)n2)C(=O)C1=O. The number of carbonyl (C=O) groups is 6. The first-order chi connectivity index (χ1) is 22.5. The van der Waals surface area contributed by atoms with Gasteiger partial charge < -0.3 is 19.7 Å². The van der Waals surface area contributed by atoms with Crippen molar-refractivity contribution in [1.29, 1.82) is 0 Å². The lowest BCUT2D eigenvalue weighted by atomic mass is 9.88. The molecule has 0 radical (unpaired) electrons. The molecule has 0 spiro atoms. The van der Waals surface area contributed by atoms with Gasteiger partial charge in [-0.2, -0.15) is 0 Å². The zero-order valence-corrected chi connectivity index (χ0v) is 28.1. The average molecular weight is 706 g/mol. The van der Waals surface area contributed by atoms with Gasteiger partial charge in [-0.05, 0) is 37.1 Å². The third-order valence-electron chi connectivity index (χ3n) is 8.08. The smallest absolute Gasteiger partial charge is 0.355 e. The summed E-state index contributed by atoms with van der Waals surface area (Å²) in [6.07, 6.45) is -0.436. The van der Waals surface area contributed by atoms with Crippen molar-refractivity contribution < 1.29 is 42.4 Å². The maximum absolute atomic E-state index is 13.8. The fourth-order valence-corrected chi connectivity index (χ4v) is 8.32. The molecule has 250 valence electrons. The Morgan fingerprint density at radius 3 is 2.49 bits per heavy atom. The number of benzene rings is 1. The van der Waals surface area contributed by atoms with Gasteiger partial charge in [0.1, 0.15) is 29.5 Å². The van der Waals surface area contributed by atoms with Crippen molar-refractivity contribution in [2.24, 2.45) is 5.92 Å². The van der Waals surface area contributed by atoms with E-state index in [4.69, 9.17) is 21.1 Å². The number of rotatable bonds is 11. The largest absolute Gasteiger partial charge is 0.497 e. The summed E-state index contributed by atoms with van der Waals surface area (Å²) in [7, 11) is -0.166. The quantitative estimate of drug-likeness (QED) is 0.157. The minimum absolute atomic E-state index is 0.0645. The lowest BCUT2D eigenvalue weighted by molar-refractivity contribution is -0.156. The molecule has 14 nitrogen and oxygen atoms in total. The number of alkyl halides is 1. The van der Waals surface area contributed by atoms with Crippen molar-refractivity contribution in [3.63, 3.8) is 0 Å². The molecule has 2 saturated heterocycles. The van der Waals surface area contributed by atoms with Gasteiger partial charge in [0.15, 0.2) is 5.78 Å². The summed E-state index contributed by atoms with van der Waals surface area (Å²) in [6, 6.07) is 4.54. The normalized spacial score (nSPS) is 21.7. The lowest BCUT2D eigenvalue weighted by Crippen LogP contribution is -2.66. The van der Waals surface area contributed by atoms with Crippen LogP contribution in [0, 0.1) is 12.8 Å². The van der Waals surface area contributed by atoms with E-state index in [1.165, 1.54) is 23.3 Å². The Balaban J connectivity index is 1.31. The summed E-state index contributed by atoms with van der Waals surface area (Å²) in [5.74, 6) is -4.61. The Morgan fingerprint density at radius 1 is 1.15 bits per heavy atom. The molecular formula is C30H32ClN5O9S2. The first-order valence-corrected chi connectivity index (χ1v) is 17.4. The van der Waals surface area contributed by atoms with E-state index in [1.807, 2.05) is 0 Å². The summed E-state index contributed by atoms with van der Waals surface area (Å²) >= 11 is 7.33. The van der Waals surface area contributed by atoms with Crippen LogP contribution in [0.25, 0.3) is 0 Å². The highest BCUT2D eigenvalue weighted by molar-refractivity contribution is 7.86. The van der Waals surface area contributed by atoms with E-state index < -0.39 is 70.1 Å². The van der Waals surface area contributed by atoms with Gasteiger partial charge in [0, 0.05) is 48.1 Å². The number of ether oxygens (including phenoxy) is 2. The summed E-state index contributed by atoms with van der Waals surface area (Å²) < 4.78 is 23.9. The summed E-state index contributed by atoms with van der Waals surface area (Å²) in [6.45, 7) is 3.70. The molecule has 1 unspecified atom stereocenters. The molecule has 1 aromatic carbocycles. The van der Waals surface area contributed by atoms with Gasteiger partial charge in [0.2, 0.25) is 5.91 Å². The number of β-lactam (4-membered cyclic amide) rings is 1. The second-order valence-corrected chi connectivity index (χ2v) is 13.8. The van der Waals surface area contributed by atoms with Gasteiger partial charge in [0.25, 0.3) is 0 Å². The van der Waals surface area contributed by atoms with Crippen molar-refractivity contribution >= 4 is 69.2 Å². The highest BCUT2D eigenvalue weighted by Gasteiger charge is 2.57. The number of likely N-dealkylation sites (N-methyl/N-ethyl adjacent to an activating group) is 1. The van der Waals surface area contributed by atoms with Crippen LogP contribution in [0.15, 0.2) is 40.9 Å². The first-order valence-electron chi connectivity index (χ1n) is 14.6. The number of Topliss-reactive ketones (excluding diaryl/α,β-unsaturated/α-hetero) is 1. The number of carbonyl (C=O) groups excluding carboxylic acids is 6. The Kier molecular flexibility index (Phi) is 10.4. The average Bonchev–Trinajstić information content (AvgIpc) is 3.51. The van der Waals surface area contributed by atoms with E-state index in [9.17, 15) is 33.0 Å². The van der Waals surface area contributed by atoms with E-state index in [-0.39, 0.29) is 48.3 Å². The molecule has 0 bridgehead atoms. The molecule has 3 aliphatic heterocycles. The van der Waals surface area contributed by atoms with Crippen LogP contribution in [0.4, 0.5) is 4.79 Å². The fourth-order valence-electron chi connectivity index (χ4n) is 5.57. The number of aryl methyl sites for hydroxylation is 1. The van der Waals surface area contributed by atoms with Crippen LogP contribution in [0.3, 0.4) is 0 Å². The van der Waals surface area contributed by atoms with Crippen molar-refractivity contribution in [2.45, 2.75) is 38.3 Å². The first kappa shape index (κ1) is 34.2. The minimum Gasteiger partial charge on any atom is -0.497 e. The molecular weight excluding hydrogens is 674 g/mol. The van der Waals surface area contributed by atoms with E-state index >= 15 is 0 Å². The number of fused-ring (bicyclic) bond motifs is 1. The topological polar surface area (TPSA) is 173 Å². The number of amides is 5. The van der Waals surface area contributed by atoms with Crippen LogP contribution >= 0.6 is 22.9 Å². The fraction of sp³-hybridized carbons (Fsp3) is 0.433. The molecule has 47 heavy (non-hydrogen) atoms. The Labute approximate surface area is 281 Å². The molecule has 17 heteroatoms. The van der Waals surface area contributed by atoms with Crippen molar-refractivity contribution in [3.8, 4) is 5.75 Å². The second-order valence-electron chi connectivity index (χ2n) is 10.9. The maximum atomic E-state index is 13.8. The van der Waals surface area contributed by atoms with E-state index in [2.05, 4.69) is 10.3 Å². The molecule has 4 heterocycles. The standard InChI is InChI=1S/C30H32ClN5O9S2/c1-4-34-9-10-35(27(40)26(34)39)30(42)33-23(21-14-46-16(2)32-21)22(37)11-20-25(38)36-24(18(12-31)15-47(43)28(20)36)29(41)45-13-17-5-7-19(44-3)8-6-17/h5-8,14,20,23,28H,4,9-13,15H2,1-3H3,(H,33,42)/t20-,23-,28-,47?/m1/s1. The van der Waals surface area contributed by atoms with Crippen molar-refractivity contribution in [1.82, 2.24) is 25.0 Å². The maximum Gasteiger partial charge on any atom is 0.355 e. The summed E-state index contributed by atoms with van der Waals surface area (Å²) in [4.78, 5) is 86.2. The van der Waals surface area contributed by atoms with Crippen molar-refractivity contribution in [3.05, 3.63) is 57.2 Å². The number of hydrogen-bond acceptors (Lipinski definition) is 11. The molecule has 4 atom stereocenters. The second kappa shape index (κ2) is 14.3. The van der Waals surface area contributed by atoms with E-state index in [1.54, 1.807) is 43.5 Å². The van der Waals surface area contributed by atoms with Gasteiger partial charge in [-0.25, -0.2) is 14.6 Å². The third-order valence-corrected chi connectivity index (χ3v) is 10.9. The molecule has 1 aromatic heterocycles. The molecule has 2 aromatic rings. The van der Waals surface area contributed by atoms with Crippen LogP contribution in [0.1, 0.15) is 35.7 Å². The predicted octanol–water partition coefficient (Wildman–Crippen LogP) is 1.64. The number of piperazine rings is 1. The molecule has 0 aliphatic carbocycles. The van der Waals surface area contributed by atoms with Crippen molar-refractivity contribution in [2.75, 3.05) is 38.4 Å². The van der Waals surface area contributed by atoms with Gasteiger partial charge in [-0.1, -0.05) is 12.1 Å². The van der Waals surface area contributed by atoms with E-state index in [0.29, 0.717) is 22.9 Å². The number of imide groups is 1. The lowest BCUT2D eigenvalue weighted by Gasteiger charge is -2.49. The number of aromatic nitrogens is 1.